The Bertz CT molecular complexity index is 709. The molecule has 2 aromatic rings. The monoisotopic (exact) mass is 370 g/mol. The van der Waals surface area contributed by atoms with E-state index in [1.54, 1.807) is 13.3 Å². The molecular formula is C21H30N4O2. The van der Waals surface area contributed by atoms with Gasteiger partial charge in [-0.3, -0.25) is 0 Å². The first-order valence-corrected chi connectivity index (χ1v) is 9.54. The Morgan fingerprint density at radius 3 is 2.85 bits per heavy atom. The van der Waals surface area contributed by atoms with E-state index in [4.69, 9.17) is 9.47 Å². The Labute approximate surface area is 161 Å². The SMILES string of the molecule is COc1cc(Nc2ccccn2)ccc1OCCC1CC(N(C)C)CCN1. The van der Waals surface area contributed by atoms with Crippen molar-refractivity contribution in [2.45, 2.75) is 31.3 Å². The molecule has 6 nitrogen and oxygen atoms in total. The Morgan fingerprint density at radius 2 is 2.11 bits per heavy atom. The van der Waals surface area contributed by atoms with Crippen LogP contribution in [0.4, 0.5) is 11.5 Å². The zero-order valence-electron chi connectivity index (χ0n) is 16.4. The van der Waals surface area contributed by atoms with Gasteiger partial charge in [-0.05, 0) is 64.2 Å². The van der Waals surface area contributed by atoms with Gasteiger partial charge in [0.05, 0.1) is 13.7 Å². The first-order chi connectivity index (χ1) is 13.2. The number of anilines is 2. The Balaban J connectivity index is 1.54. The van der Waals surface area contributed by atoms with E-state index in [-0.39, 0.29) is 0 Å². The first kappa shape index (κ1) is 19.5. The topological polar surface area (TPSA) is 58.6 Å². The molecule has 0 amide bonds. The quantitative estimate of drug-likeness (QED) is 0.744. The highest BCUT2D eigenvalue weighted by Crippen LogP contribution is 2.31. The number of pyridine rings is 1. The molecule has 2 atom stereocenters. The van der Waals surface area contributed by atoms with Crippen LogP contribution >= 0.6 is 0 Å². The largest absolute Gasteiger partial charge is 0.493 e. The summed E-state index contributed by atoms with van der Waals surface area (Å²) in [6.07, 6.45) is 5.13. The van der Waals surface area contributed by atoms with Crippen molar-refractivity contribution in [3.05, 3.63) is 42.6 Å². The molecule has 0 bridgehead atoms. The number of ether oxygens (including phenoxy) is 2. The maximum Gasteiger partial charge on any atom is 0.162 e. The van der Waals surface area contributed by atoms with Gasteiger partial charge in [0.15, 0.2) is 11.5 Å². The average molecular weight is 370 g/mol. The van der Waals surface area contributed by atoms with Gasteiger partial charge in [-0.1, -0.05) is 6.07 Å². The van der Waals surface area contributed by atoms with Crippen molar-refractivity contribution >= 4 is 11.5 Å². The van der Waals surface area contributed by atoms with Gasteiger partial charge in [0.2, 0.25) is 0 Å². The van der Waals surface area contributed by atoms with Crippen LogP contribution in [0, 0.1) is 0 Å². The molecule has 0 aliphatic carbocycles. The molecule has 27 heavy (non-hydrogen) atoms. The number of nitrogens with zero attached hydrogens (tertiary/aromatic N) is 2. The predicted molar refractivity (Wildman–Crippen MR) is 109 cm³/mol. The van der Waals surface area contributed by atoms with Gasteiger partial charge in [-0.2, -0.15) is 0 Å². The van der Waals surface area contributed by atoms with E-state index < -0.39 is 0 Å². The Hall–Kier alpha value is -2.31. The predicted octanol–water partition coefficient (Wildman–Crippen LogP) is 3.28. The summed E-state index contributed by atoms with van der Waals surface area (Å²) >= 11 is 0. The van der Waals surface area contributed by atoms with Gasteiger partial charge in [0, 0.05) is 30.0 Å². The van der Waals surface area contributed by atoms with Crippen LogP contribution in [-0.4, -0.2) is 56.3 Å². The Kier molecular flexibility index (Phi) is 6.90. The van der Waals surface area contributed by atoms with Crippen LogP contribution in [0.1, 0.15) is 19.3 Å². The number of rotatable bonds is 8. The standard InChI is InChI=1S/C21H30N4O2/c1-25(2)18-9-12-22-16(14-18)10-13-27-19-8-7-17(15-20(19)26-3)24-21-6-4-5-11-23-21/h4-8,11,15-16,18,22H,9-10,12-14H2,1-3H3,(H,23,24). The van der Waals surface area contributed by atoms with E-state index in [1.165, 1.54) is 12.8 Å². The fraction of sp³-hybridized carbons (Fsp3) is 0.476. The highest BCUT2D eigenvalue weighted by atomic mass is 16.5. The molecule has 0 radical (unpaired) electrons. The highest BCUT2D eigenvalue weighted by molar-refractivity contribution is 5.61. The Morgan fingerprint density at radius 1 is 1.22 bits per heavy atom. The number of methoxy groups -OCH3 is 1. The van der Waals surface area contributed by atoms with Crippen LogP contribution in [0.3, 0.4) is 0 Å². The molecule has 0 spiro atoms. The van der Waals surface area contributed by atoms with Gasteiger partial charge < -0.3 is 25.0 Å². The molecule has 1 aromatic carbocycles. The molecule has 1 aliphatic heterocycles. The highest BCUT2D eigenvalue weighted by Gasteiger charge is 2.22. The van der Waals surface area contributed by atoms with E-state index in [0.717, 1.165) is 36.0 Å². The maximum absolute atomic E-state index is 6.01. The molecule has 146 valence electrons. The molecule has 3 rings (SSSR count). The summed E-state index contributed by atoms with van der Waals surface area (Å²) in [5.74, 6) is 2.29. The fourth-order valence-electron chi connectivity index (χ4n) is 3.43. The van der Waals surface area contributed by atoms with E-state index >= 15 is 0 Å². The third-order valence-corrected chi connectivity index (χ3v) is 5.02. The molecule has 2 heterocycles. The summed E-state index contributed by atoms with van der Waals surface area (Å²) in [6.45, 7) is 1.74. The summed E-state index contributed by atoms with van der Waals surface area (Å²) in [7, 11) is 5.99. The second kappa shape index (κ2) is 9.58. The molecule has 2 unspecified atom stereocenters. The number of piperidine rings is 1. The van der Waals surface area contributed by atoms with Crippen molar-refractivity contribution in [3.63, 3.8) is 0 Å². The lowest BCUT2D eigenvalue weighted by atomic mass is 9.97. The fourth-order valence-corrected chi connectivity index (χ4v) is 3.43. The number of hydrogen-bond acceptors (Lipinski definition) is 6. The van der Waals surface area contributed by atoms with Crippen LogP contribution in [-0.2, 0) is 0 Å². The normalized spacial score (nSPS) is 19.7. The third-order valence-electron chi connectivity index (χ3n) is 5.02. The smallest absolute Gasteiger partial charge is 0.162 e. The first-order valence-electron chi connectivity index (χ1n) is 9.54. The number of hydrogen-bond donors (Lipinski definition) is 2. The summed E-state index contributed by atoms with van der Waals surface area (Å²) in [5, 5.41) is 6.87. The lowest BCUT2D eigenvalue weighted by Gasteiger charge is -2.34. The number of benzene rings is 1. The minimum absolute atomic E-state index is 0.502. The van der Waals surface area contributed by atoms with Crippen LogP contribution in [0.15, 0.2) is 42.6 Å². The van der Waals surface area contributed by atoms with Gasteiger partial charge in [0.25, 0.3) is 0 Å². The van der Waals surface area contributed by atoms with E-state index in [0.29, 0.717) is 18.7 Å². The van der Waals surface area contributed by atoms with Crippen LogP contribution in [0.2, 0.25) is 0 Å². The van der Waals surface area contributed by atoms with Crippen molar-refractivity contribution < 1.29 is 9.47 Å². The lowest BCUT2D eigenvalue weighted by molar-refractivity contribution is 0.185. The van der Waals surface area contributed by atoms with Gasteiger partial charge >= 0.3 is 0 Å². The zero-order valence-corrected chi connectivity index (χ0v) is 16.4. The van der Waals surface area contributed by atoms with E-state index in [9.17, 15) is 0 Å². The molecule has 2 N–H and O–H groups in total. The van der Waals surface area contributed by atoms with Crippen LogP contribution in [0.25, 0.3) is 0 Å². The van der Waals surface area contributed by atoms with E-state index in [1.807, 2.05) is 36.4 Å². The van der Waals surface area contributed by atoms with Crippen molar-refractivity contribution in [2.75, 3.05) is 39.7 Å². The van der Waals surface area contributed by atoms with E-state index in [2.05, 4.69) is 34.6 Å². The molecular weight excluding hydrogens is 340 g/mol. The molecule has 1 aliphatic rings. The zero-order chi connectivity index (χ0) is 19.1. The minimum atomic E-state index is 0.502. The average Bonchev–Trinajstić information content (AvgIpc) is 2.70. The molecule has 1 fully saturated rings. The van der Waals surface area contributed by atoms with Gasteiger partial charge in [-0.15, -0.1) is 0 Å². The van der Waals surface area contributed by atoms with Gasteiger partial charge in [-0.25, -0.2) is 4.98 Å². The molecule has 0 saturated carbocycles. The van der Waals surface area contributed by atoms with Crippen LogP contribution < -0.4 is 20.1 Å². The van der Waals surface area contributed by atoms with Crippen LogP contribution in [0.5, 0.6) is 11.5 Å². The number of nitrogens with one attached hydrogen (secondary N) is 2. The summed E-state index contributed by atoms with van der Waals surface area (Å²) in [5.41, 5.74) is 0.917. The minimum Gasteiger partial charge on any atom is -0.493 e. The summed E-state index contributed by atoms with van der Waals surface area (Å²) < 4.78 is 11.5. The van der Waals surface area contributed by atoms with Gasteiger partial charge in [0.1, 0.15) is 5.82 Å². The summed E-state index contributed by atoms with van der Waals surface area (Å²) in [4.78, 5) is 6.60. The maximum atomic E-state index is 6.01. The molecule has 6 heteroatoms. The number of aromatic nitrogens is 1. The van der Waals surface area contributed by atoms with Crippen molar-refractivity contribution in [1.82, 2.24) is 15.2 Å². The molecule has 1 saturated heterocycles. The van der Waals surface area contributed by atoms with Crippen molar-refractivity contribution in [3.8, 4) is 11.5 Å². The third kappa shape index (κ3) is 5.58. The lowest BCUT2D eigenvalue weighted by Crippen LogP contribution is -2.46. The second-order valence-electron chi connectivity index (χ2n) is 7.14. The molecule has 1 aromatic heterocycles. The second-order valence-corrected chi connectivity index (χ2v) is 7.14. The van der Waals surface area contributed by atoms with Crippen molar-refractivity contribution in [1.29, 1.82) is 0 Å². The summed E-state index contributed by atoms with van der Waals surface area (Å²) in [6, 6.07) is 12.8. The van der Waals surface area contributed by atoms with Crippen molar-refractivity contribution in [2.24, 2.45) is 0 Å².